The molecule has 2 bridgehead atoms. The Balaban J connectivity index is 1.41. The zero-order valence-electron chi connectivity index (χ0n) is 21.1. The van der Waals surface area contributed by atoms with Crippen LogP contribution in [0.1, 0.15) is 31.7 Å². The van der Waals surface area contributed by atoms with Crippen LogP contribution in [0.5, 0.6) is 0 Å². The Kier molecular flexibility index (Phi) is 6.43. The average molecular weight is 554 g/mol. The second-order valence-electron chi connectivity index (χ2n) is 10.1. The van der Waals surface area contributed by atoms with E-state index in [1.54, 1.807) is 24.5 Å². The summed E-state index contributed by atoms with van der Waals surface area (Å²) >= 11 is 0. The molecule has 39 heavy (non-hydrogen) atoms. The molecule has 4 heterocycles. The minimum absolute atomic E-state index is 0.0800. The van der Waals surface area contributed by atoms with Crippen molar-refractivity contribution in [1.29, 1.82) is 0 Å². The number of pyridine rings is 1. The van der Waals surface area contributed by atoms with Crippen molar-refractivity contribution < 1.29 is 21.6 Å². The maximum Gasteiger partial charge on any atom is 0.265 e. The van der Waals surface area contributed by atoms with E-state index in [1.165, 1.54) is 18.2 Å². The number of hydrogen-bond donors (Lipinski definition) is 1. The zero-order chi connectivity index (χ0) is 27.3. The van der Waals surface area contributed by atoms with E-state index in [-0.39, 0.29) is 11.6 Å². The van der Waals surface area contributed by atoms with Crippen molar-refractivity contribution in [2.75, 3.05) is 11.8 Å². The number of fused-ring (bicyclic) bond motifs is 2. The van der Waals surface area contributed by atoms with Crippen LogP contribution in [0, 0.1) is 17.5 Å². The molecule has 7 nitrogen and oxygen atoms in total. The molecule has 2 saturated heterocycles. The molecule has 2 unspecified atom stereocenters. The van der Waals surface area contributed by atoms with Crippen LogP contribution >= 0.6 is 0 Å². The van der Waals surface area contributed by atoms with E-state index in [2.05, 4.69) is 21.7 Å². The lowest BCUT2D eigenvalue weighted by molar-refractivity contribution is 0.132. The maximum atomic E-state index is 16.0. The number of piperidine rings is 1. The molecule has 11 heteroatoms. The molecule has 202 valence electrons. The Labute approximate surface area is 224 Å². The van der Waals surface area contributed by atoms with Gasteiger partial charge in [0, 0.05) is 41.8 Å². The normalized spacial score (nSPS) is 21.3. The molecule has 0 aliphatic carbocycles. The van der Waals surface area contributed by atoms with Crippen LogP contribution in [0.3, 0.4) is 0 Å². The summed E-state index contributed by atoms with van der Waals surface area (Å²) in [5.74, 6) is -2.95. The molecule has 2 aromatic heterocycles. The van der Waals surface area contributed by atoms with Crippen LogP contribution in [0.15, 0.2) is 72.0 Å². The van der Waals surface area contributed by atoms with E-state index in [0.717, 1.165) is 37.3 Å². The number of nitrogens with zero attached hydrogens (tertiary/aromatic N) is 4. The summed E-state index contributed by atoms with van der Waals surface area (Å²) in [6, 6.07) is 11.0. The Hall–Kier alpha value is -3.70. The number of hydrogen-bond acceptors (Lipinski definition) is 5. The van der Waals surface area contributed by atoms with E-state index in [9.17, 15) is 17.2 Å². The predicted molar refractivity (Wildman–Crippen MR) is 141 cm³/mol. The third kappa shape index (κ3) is 4.70. The van der Waals surface area contributed by atoms with Crippen molar-refractivity contribution >= 4 is 15.7 Å². The summed E-state index contributed by atoms with van der Waals surface area (Å²) in [6.45, 7) is 0. The number of sulfonamides is 1. The SMILES string of the molecule is CN1C2CCC1CC(n1cc(-c3ccncc3)c(-c3cccc(NS(=O)(=O)c4cc(F)ccc4F)c3F)n1)C2. The second kappa shape index (κ2) is 9.80. The van der Waals surface area contributed by atoms with Gasteiger partial charge in [-0.05, 0) is 80.8 Å². The summed E-state index contributed by atoms with van der Waals surface area (Å²) < 4.78 is 73.5. The quantitative estimate of drug-likeness (QED) is 0.335. The van der Waals surface area contributed by atoms with Gasteiger partial charge in [0.2, 0.25) is 0 Å². The summed E-state index contributed by atoms with van der Waals surface area (Å²) in [6.07, 6.45) is 9.36. The molecule has 1 N–H and O–H groups in total. The van der Waals surface area contributed by atoms with Gasteiger partial charge in [0.05, 0.1) is 11.7 Å². The average Bonchev–Trinajstić information content (AvgIpc) is 3.43. The van der Waals surface area contributed by atoms with Gasteiger partial charge in [0.15, 0.2) is 5.82 Å². The van der Waals surface area contributed by atoms with Crippen molar-refractivity contribution in [3.05, 3.63) is 84.6 Å². The highest BCUT2D eigenvalue weighted by Gasteiger charge is 2.39. The first-order chi connectivity index (χ1) is 18.7. The van der Waals surface area contributed by atoms with Gasteiger partial charge in [-0.3, -0.25) is 14.4 Å². The van der Waals surface area contributed by atoms with Crippen LogP contribution in [-0.4, -0.2) is 47.2 Å². The first kappa shape index (κ1) is 25.6. The minimum Gasteiger partial charge on any atom is -0.300 e. The van der Waals surface area contributed by atoms with E-state index in [4.69, 9.17) is 5.10 Å². The van der Waals surface area contributed by atoms with Gasteiger partial charge >= 0.3 is 0 Å². The fourth-order valence-corrected chi connectivity index (χ4v) is 6.95. The lowest BCUT2D eigenvalue weighted by Crippen LogP contribution is -2.40. The van der Waals surface area contributed by atoms with Crippen molar-refractivity contribution in [2.45, 2.75) is 48.7 Å². The van der Waals surface area contributed by atoms with Crippen LogP contribution in [0.25, 0.3) is 22.4 Å². The highest BCUT2D eigenvalue weighted by atomic mass is 32.2. The third-order valence-electron chi connectivity index (χ3n) is 7.85. The Morgan fingerprint density at radius 2 is 1.64 bits per heavy atom. The number of aromatic nitrogens is 3. The van der Waals surface area contributed by atoms with Crippen molar-refractivity contribution in [1.82, 2.24) is 19.7 Å². The molecule has 4 aromatic rings. The number of halogens is 3. The first-order valence-corrected chi connectivity index (χ1v) is 14.2. The third-order valence-corrected chi connectivity index (χ3v) is 9.23. The summed E-state index contributed by atoms with van der Waals surface area (Å²) in [4.78, 5) is 5.60. The van der Waals surface area contributed by atoms with Gasteiger partial charge in [-0.1, -0.05) is 6.07 Å². The summed E-state index contributed by atoms with van der Waals surface area (Å²) in [5, 5.41) is 4.84. The van der Waals surface area contributed by atoms with Gasteiger partial charge < -0.3 is 4.90 Å². The lowest BCUT2D eigenvalue weighted by atomic mass is 9.98. The van der Waals surface area contributed by atoms with E-state index in [1.807, 2.05) is 10.9 Å². The lowest BCUT2D eigenvalue weighted by Gasteiger charge is -2.36. The molecule has 2 atom stereocenters. The topological polar surface area (TPSA) is 80.1 Å². The fourth-order valence-electron chi connectivity index (χ4n) is 5.80. The largest absolute Gasteiger partial charge is 0.300 e. The smallest absolute Gasteiger partial charge is 0.265 e. The Morgan fingerprint density at radius 1 is 0.923 bits per heavy atom. The molecule has 2 aliphatic heterocycles. The molecule has 2 aromatic carbocycles. The molecule has 2 fully saturated rings. The zero-order valence-corrected chi connectivity index (χ0v) is 21.9. The Morgan fingerprint density at radius 3 is 2.36 bits per heavy atom. The molecule has 0 spiro atoms. The van der Waals surface area contributed by atoms with E-state index in [0.29, 0.717) is 35.5 Å². The molecule has 2 aliphatic rings. The molecule has 0 radical (unpaired) electrons. The van der Waals surface area contributed by atoms with Crippen molar-refractivity contribution in [3.63, 3.8) is 0 Å². The predicted octanol–water partition coefficient (Wildman–Crippen LogP) is 5.63. The number of benzene rings is 2. The van der Waals surface area contributed by atoms with E-state index < -0.39 is 38.1 Å². The molecular formula is C28H26F3N5O2S. The molecule has 0 amide bonds. The minimum atomic E-state index is -4.62. The molecule has 6 rings (SSSR count). The van der Waals surface area contributed by atoms with Crippen molar-refractivity contribution in [2.24, 2.45) is 0 Å². The molecule has 0 saturated carbocycles. The summed E-state index contributed by atoms with van der Waals surface area (Å²) in [5.41, 5.74) is 1.50. The maximum absolute atomic E-state index is 16.0. The van der Waals surface area contributed by atoms with Crippen LogP contribution in [0.4, 0.5) is 18.9 Å². The van der Waals surface area contributed by atoms with Crippen molar-refractivity contribution in [3.8, 4) is 22.4 Å². The number of anilines is 1. The van der Waals surface area contributed by atoms with Gasteiger partial charge in [-0.25, -0.2) is 21.6 Å². The van der Waals surface area contributed by atoms with E-state index >= 15 is 4.39 Å². The van der Waals surface area contributed by atoms with Gasteiger partial charge in [-0.2, -0.15) is 5.10 Å². The standard InChI is InChI=1S/C28H26F3N5O2S/c1-35-19-6-7-20(35)15-21(14-19)36-16-23(17-9-11-32-12-10-17)28(33-36)22-3-2-4-25(27(22)31)34-39(37,38)26-13-18(29)5-8-24(26)30/h2-5,8-13,16,19-21,34H,6-7,14-15H2,1H3. The first-order valence-electron chi connectivity index (χ1n) is 12.7. The van der Waals surface area contributed by atoms with Gasteiger partial charge in [-0.15, -0.1) is 0 Å². The highest BCUT2D eigenvalue weighted by Crippen LogP contribution is 2.42. The number of nitrogens with one attached hydrogen (secondary N) is 1. The second-order valence-corrected chi connectivity index (χ2v) is 11.8. The molecular weight excluding hydrogens is 527 g/mol. The summed E-state index contributed by atoms with van der Waals surface area (Å²) in [7, 11) is -2.46. The van der Waals surface area contributed by atoms with Crippen LogP contribution in [0.2, 0.25) is 0 Å². The highest BCUT2D eigenvalue weighted by molar-refractivity contribution is 7.92. The monoisotopic (exact) mass is 553 g/mol. The van der Waals surface area contributed by atoms with Crippen LogP contribution < -0.4 is 4.72 Å². The van der Waals surface area contributed by atoms with Gasteiger partial charge in [0.25, 0.3) is 10.0 Å². The number of rotatable bonds is 6. The Bertz CT molecular complexity index is 1630. The fraction of sp³-hybridized carbons (Fsp3) is 0.286. The van der Waals surface area contributed by atoms with Crippen LogP contribution in [-0.2, 0) is 10.0 Å². The van der Waals surface area contributed by atoms with Gasteiger partial charge in [0.1, 0.15) is 22.2 Å².